The van der Waals surface area contributed by atoms with Crippen LogP contribution in [0.3, 0.4) is 0 Å². The van der Waals surface area contributed by atoms with Crippen molar-refractivity contribution in [1.82, 2.24) is 4.90 Å². The number of fused-ring (bicyclic) bond motifs is 5. The summed E-state index contributed by atoms with van der Waals surface area (Å²) in [6.45, 7) is 11.2. The van der Waals surface area contributed by atoms with E-state index in [-0.39, 0.29) is 44.3 Å². The van der Waals surface area contributed by atoms with Crippen molar-refractivity contribution in [3.8, 4) is 0 Å². The predicted molar refractivity (Wildman–Crippen MR) is 250 cm³/mol. The Morgan fingerprint density at radius 2 is 0.836 bits per heavy atom. The summed E-state index contributed by atoms with van der Waals surface area (Å²) in [6, 6.07) is 0. The number of hydrogen-bond acceptors (Lipinski definition) is 18. The maximum absolute atomic E-state index is 14.0. The minimum atomic E-state index is -1.99. The first-order chi connectivity index (χ1) is 30.6. The van der Waals surface area contributed by atoms with Crippen LogP contribution in [0.25, 0.3) is 0 Å². The molecule has 0 saturated carbocycles. The molecule has 23 heteroatoms. The molecule has 3 heterocycles. The summed E-state index contributed by atoms with van der Waals surface area (Å²) in [5.41, 5.74) is -5.66. The van der Waals surface area contributed by atoms with Gasteiger partial charge in [-0.05, 0) is 82.6 Å². The fraction of sp³-hybridized carbons (Fsp3) is 0.750. The Labute approximate surface area is 423 Å². The van der Waals surface area contributed by atoms with E-state index in [1.165, 1.54) is 76.2 Å². The van der Waals surface area contributed by atoms with E-state index >= 15 is 0 Å². The van der Waals surface area contributed by atoms with Crippen LogP contribution in [-0.2, 0) is 85.8 Å². The second-order valence-corrected chi connectivity index (χ2v) is 27.4. The molecule has 378 valence electrons. The van der Waals surface area contributed by atoms with Crippen LogP contribution in [0.5, 0.6) is 0 Å². The molecule has 0 spiro atoms. The number of likely N-dealkylation sites (tertiary alicyclic amines) is 1. The highest BCUT2D eigenvalue weighted by atomic mass is 79.9. The van der Waals surface area contributed by atoms with Crippen molar-refractivity contribution in [2.24, 2.45) is 28.1 Å². The van der Waals surface area contributed by atoms with Crippen molar-refractivity contribution in [3.05, 3.63) is 12.2 Å². The zero-order chi connectivity index (χ0) is 51.1. The number of carbonyl (C=O) groups is 9. The van der Waals surface area contributed by atoms with Gasteiger partial charge in [0, 0.05) is 0 Å². The molecule has 3 aliphatic heterocycles. The van der Waals surface area contributed by atoms with Gasteiger partial charge in [0.2, 0.25) is 11.8 Å². The zero-order valence-corrected chi connectivity index (χ0v) is 45.9. The number of ether oxygens (including phenoxy) is 9. The van der Waals surface area contributed by atoms with Gasteiger partial charge < -0.3 is 42.6 Å². The van der Waals surface area contributed by atoms with E-state index in [2.05, 4.69) is 63.7 Å². The molecular weight excluding hydrogens is 1150 g/mol. The minimum absolute atomic E-state index is 0.0429. The highest BCUT2D eigenvalue weighted by Crippen LogP contribution is 2.44. The highest BCUT2D eigenvalue weighted by molar-refractivity contribution is 9.10. The fourth-order valence-electron chi connectivity index (χ4n) is 6.30. The summed E-state index contributed by atoms with van der Waals surface area (Å²) < 4.78 is 45.3. The topological polar surface area (TPSA) is 240 Å². The van der Waals surface area contributed by atoms with Gasteiger partial charge in [0.05, 0.1) is 43.8 Å². The molecule has 2 fully saturated rings. The van der Waals surface area contributed by atoms with Crippen molar-refractivity contribution in [2.45, 2.75) is 112 Å². The molecule has 67 heavy (non-hydrogen) atoms. The number of alkyl halides is 4. The lowest BCUT2D eigenvalue weighted by molar-refractivity contribution is -0.182. The first kappa shape index (κ1) is 58.3. The van der Waals surface area contributed by atoms with E-state index in [9.17, 15) is 43.2 Å². The summed E-state index contributed by atoms with van der Waals surface area (Å²) in [5, 5.41) is 0. The lowest BCUT2D eigenvalue weighted by Gasteiger charge is -2.33. The van der Waals surface area contributed by atoms with Gasteiger partial charge in [0.25, 0.3) is 0 Å². The van der Waals surface area contributed by atoms with E-state index in [1.807, 2.05) is 6.08 Å². The average Bonchev–Trinajstić information content (AvgIpc) is 3.64. The van der Waals surface area contributed by atoms with E-state index in [4.69, 9.17) is 42.6 Å². The Kier molecular flexibility index (Phi) is 19.9. The number of amides is 2. The molecule has 4 atom stereocenters. The molecule has 2 bridgehead atoms. The molecule has 19 nitrogen and oxygen atoms in total. The molecular formula is C44H61Br4NO18. The molecule has 0 aromatic heterocycles. The van der Waals surface area contributed by atoms with Crippen LogP contribution >= 0.6 is 63.7 Å². The van der Waals surface area contributed by atoms with Crippen molar-refractivity contribution >= 4 is 117 Å². The number of imide groups is 1. The maximum Gasteiger partial charge on any atom is 0.322 e. The molecule has 0 radical (unpaired) electrons. The monoisotopic (exact) mass is 1210 g/mol. The highest BCUT2D eigenvalue weighted by Gasteiger charge is 2.59. The number of halogens is 4. The minimum Gasteiger partial charge on any atom is -0.464 e. The van der Waals surface area contributed by atoms with Gasteiger partial charge in [-0.3, -0.25) is 48.1 Å². The summed E-state index contributed by atoms with van der Waals surface area (Å²) in [5.74, 6) is -8.06. The molecule has 2 saturated heterocycles. The maximum atomic E-state index is 14.0. The van der Waals surface area contributed by atoms with Crippen LogP contribution in [0.1, 0.15) is 82.6 Å². The average molecular weight is 1210 g/mol. The lowest BCUT2D eigenvalue weighted by Crippen LogP contribution is -2.47. The van der Waals surface area contributed by atoms with Crippen LogP contribution in [0.15, 0.2) is 12.2 Å². The van der Waals surface area contributed by atoms with Crippen molar-refractivity contribution < 1.29 is 85.8 Å². The molecule has 3 rings (SSSR count). The molecule has 0 N–H and O–H groups in total. The second-order valence-electron chi connectivity index (χ2n) is 19.5. The van der Waals surface area contributed by atoms with Crippen LogP contribution in [-0.4, -0.2) is 154 Å². The number of nitrogens with zero attached hydrogens (tertiary/aromatic N) is 1. The standard InChI is InChI=1S/C44H61Br4NO18/c1-38(2,45)31(52)61-19-43(10,20-62-32(53)39(3,4)46)36(57)65-23-42(9,24-66-37(58)44(11,21-63-33(54)40(5,6)47)22-64-34(55)41(7,8)48)35(56)60-18-17-59-16-15-49-29(50)27-25-13-12-14-26(67-25)28(27)30(49)51/h12-13,25-28H,14-24H2,1-11H3/t25?,26?,27-,28+/m1/s1. The van der Waals surface area contributed by atoms with Gasteiger partial charge in [-0.25, -0.2) is 0 Å². The second kappa shape index (κ2) is 22.8. The SMILES string of the molecule is CC(C)(Br)C(=O)OCC(C)(COC(=O)C(C)(C)Br)C(=O)OCC(C)(COC(=O)C(C)(COC(=O)C(C)(C)Br)COC(=O)C(C)(C)Br)C(=O)OCCOCCN1C(=O)[C@@H]2C3C=CCC(O3)[C@@H]2C1=O. The molecule has 0 aromatic carbocycles. The van der Waals surface area contributed by atoms with Gasteiger partial charge in [-0.15, -0.1) is 0 Å². The van der Waals surface area contributed by atoms with Crippen LogP contribution in [0, 0.1) is 28.1 Å². The number of hydrogen-bond donors (Lipinski definition) is 0. The molecule has 2 amide bonds. The van der Waals surface area contributed by atoms with Gasteiger partial charge in [0.15, 0.2) is 0 Å². The van der Waals surface area contributed by atoms with Crippen LogP contribution in [0.2, 0.25) is 0 Å². The Balaban J connectivity index is 1.81. The van der Waals surface area contributed by atoms with E-state index in [1.54, 1.807) is 6.08 Å². The quantitative estimate of drug-likeness (QED) is 0.0296. The van der Waals surface area contributed by atoms with Crippen molar-refractivity contribution in [2.75, 3.05) is 66.0 Å². The summed E-state index contributed by atoms with van der Waals surface area (Å²) in [6.07, 6.45) is 3.43. The van der Waals surface area contributed by atoms with Crippen molar-refractivity contribution in [3.63, 3.8) is 0 Å². The number of carbonyl (C=O) groups excluding carboxylic acids is 9. The third kappa shape index (κ3) is 15.8. The van der Waals surface area contributed by atoms with E-state index < -0.39 is 133 Å². The van der Waals surface area contributed by atoms with Gasteiger partial charge in [0.1, 0.15) is 79.8 Å². The molecule has 0 aromatic rings. The summed E-state index contributed by atoms with van der Waals surface area (Å²) >= 11 is 12.8. The van der Waals surface area contributed by atoms with Gasteiger partial charge >= 0.3 is 41.8 Å². The zero-order valence-electron chi connectivity index (χ0n) is 39.5. The Morgan fingerprint density at radius 3 is 1.19 bits per heavy atom. The first-order valence-electron chi connectivity index (χ1n) is 21.3. The lowest BCUT2D eigenvalue weighted by atomic mass is 9.90. The molecule has 0 aliphatic carbocycles. The van der Waals surface area contributed by atoms with Gasteiger partial charge in [-0.2, -0.15) is 0 Å². The molecule has 2 unspecified atom stereocenters. The predicted octanol–water partition coefficient (Wildman–Crippen LogP) is 4.85. The Hall–Kier alpha value is -2.99. The normalized spacial score (nSPS) is 19.9. The van der Waals surface area contributed by atoms with Crippen LogP contribution < -0.4 is 0 Å². The summed E-state index contributed by atoms with van der Waals surface area (Å²) in [7, 11) is 0. The van der Waals surface area contributed by atoms with Crippen molar-refractivity contribution in [1.29, 1.82) is 0 Å². The Morgan fingerprint density at radius 1 is 0.507 bits per heavy atom. The third-order valence-electron chi connectivity index (χ3n) is 10.7. The summed E-state index contributed by atoms with van der Waals surface area (Å²) in [4.78, 5) is 120. The number of rotatable bonds is 25. The third-order valence-corrected chi connectivity index (χ3v) is 12.0. The van der Waals surface area contributed by atoms with E-state index in [0.717, 1.165) is 4.90 Å². The van der Waals surface area contributed by atoms with E-state index in [0.29, 0.717) is 6.42 Å². The van der Waals surface area contributed by atoms with Crippen LogP contribution in [0.4, 0.5) is 0 Å². The molecule has 3 aliphatic rings. The fourth-order valence-corrected chi connectivity index (χ4v) is 6.76. The first-order valence-corrected chi connectivity index (χ1v) is 24.5. The Bertz CT molecular complexity index is 1780. The smallest absolute Gasteiger partial charge is 0.322 e. The number of esters is 7. The van der Waals surface area contributed by atoms with Gasteiger partial charge in [-0.1, -0.05) is 75.9 Å². The largest absolute Gasteiger partial charge is 0.464 e.